The van der Waals surface area contributed by atoms with Gasteiger partial charge in [-0.15, -0.1) is 12.4 Å². The minimum atomic E-state index is -3.04. The van der Waals surface area contributed by atoms with Crippen molar-refractivity contribution in [3.8, 4) is 0 Å². The molecule has 1 fully saturated rings. The van der Waals surface area contributed by atoms with E-state index < -0.39 is 10.0 Å². The van der Waals surface area contributed by atoms with Crippen LogP contribution in [0, 0.1) is 0 Å². The number of piperazine rings is 1. The van der Waals surface area contributed by atoms with Gasteiger partial charge in [-0.05, 0) is 24.6 Å². The fourth-order valence-corrected chi connectivity index (χ4v) is 3.38. The van der Waals surface area contributed by atoms with Gasteiger partial charge in [-0.25, -0.2) is 8.42 Å². The minimum Gasteiger partial charge on any atom is -0.399 e. The third-order valence-corrected chi connectivity index (χ3v) is 5.33. The second-order valence-corrected chi connectivity index (χ2v) is 7.08. The molecule has 20 heavy (non-hydrogen) atoms. The fraction of sp³-hybridized carbons (Fsp3) is 0.538. The lowest BCUT2D eigenvalue weighted by molar-refractivity contribution is 0.182. The Morgan fingerprint density at radius 2 is 1.85 bits per heavy atom. The maximum atomic E-state index is 11.8. The van der Waals surface area contributed by atoms with E-state index in [4.69, 9.17) is 5.73 Å². The fourth-order valence-electron chi connectivity index (χ4n) is 2.30. The molecule has 114 valence electrons. The van der Waals surface area contributed by atoms with Gasteiger partial charge >= 0.3 is 0 Å². The molecule has 1 aromatic carbocycles. The monoisotopic (exact) mass is 319 g/mol. The standard InChI is InChI=1S/C13H21N3O2S.ClH/c1-2-19(17,18)16-8-6-15(7-9-16)11-12-4-3-5-13(14)10-12;/h3-5,10H,2,6-9,11,14H2,1H3;1H. The molecule has 7 heteroatoms. The van der Waals surface area contributed by atoms with E-state index in [0.717, 1.165) is 25.3 Å². The van der Waals surface area contributed by atoms with Gasteiger partial charge in [0.2, 0.25) is 10.0 Å². The van der Waals surface area contributed by atoms with Gasteiger partial charge in [0, 0.05) is 38.4 Å². The maximum Gasteiger partial charge on any atom is 0.213 e. The van der Waals surface area contributed by atoms with Crippen LogP contribution in [0.4, 0.5) is 5.69 Å². The van der Waals surface area contributed by atoms with Crippen LogP contribution in [0.3, 0.4) is 0 Å². The zero-order chi connectivity index (χ0) is 13.9. The zero-order valence-corrected chi connectivity index (χ0v) is 13.3. The SMILES string of the molecule is CCS(=O)(=O)N1CCN(Cc2cccc(N)c2)CC1.Cl. The van der Waals surface area contributed by atoms with Crippen molar-refractivity contribution in [3.63, 3.8) is 0 Å². The summed E-state index contributed by atoms with van der Waals surface area (Å²) in [5.41, 5.74) is 7.70. The van der Waals surface area contributed by atoms with Gasteiger partial charge < -0.3 is 5.73 Å². The van der Waals surface area contributed by atoms with E-state index in [1.807, 2.05) is 24.3 Å². The van der Waals surface area contributed by atoms with E-state index in [-0.39, 0.29) is 18.2 Å². The Labute approximate surface area is 127 Å². The van der Waals surface area contributed by atoms with E-state index in [1.165, 1.54) is 5.56 Å². The maximum absolute atomic E-state index is 11.8. The molecule has 1 aromatic rings. The molecule has 1 saturated heterocycles. The summed E-state index contributed by atoms with van der Waals surface area (Å²) in [6, 6.07) is 7.83. The summed E-state index contributed by atoms with van der Waals surface area (Å²) in [5.74, 6) is 0.183. The molecule has 0 aromatic heterocycles. The molecule has 2 rings (SSSR count). The van der Waals surface area contributed by atoms with Crippen molar-refractivity contribution in [2.24, 2.45) is 0 Å². The summed E-state index contributed by atoms with van der Waals surface area (Å²) in [4.78, 5) is 2.26. The highest BCUT2D eigenvalue weighted by Gasteiger charge is 2.25. The zero-order valence-electron chi connectivity index (χ0n) is 11.7. The molecule has 5 nitrogen and oxygen atoms in total. The van der Waals surface area contributed by atoms with Gasteiger partial charge in [0.15, 0.2) is 0 Å². The van der Waals surface area contributed by atoms with Gasteiger partial charge in [-0.2, -0.15) is 4.31 Å². The number of hydrogen-bond donors (Lipinski definition) is 1. The van der Waals surface area contributed by atoms with Crippen LogP contribution in [0.25, 0.3) is 0 Å². The Bertz CT molecular complexity index is 528. The van der Waals surface area contributed by atoms with Gasteiger partial charge in [0.25, 0.3) is 0 Å². The normalized spacial score (nSPS) is 17.6. The Kier molecular flexibility index (Phi) is 6.26. The van der Waals surface area contributed by atoms with Crippen molar-refractivity contribution < 1.29 is 8.42 Å². The summed E-state index contributed by atoms with van der Waals surface area (Å²) < 4.78 is 25.1. The largest absolute Gasteiger partial charge is 0.399 e. The Morgan fingerprint density at radius 3 is 2.40 bits per heavy atom. The Morgan fingerprint density at radius 1 is 1.20 bits per heavy atom. The predicted molar refractivity (Wildman–Crippen MR) is 84.4 cm³/mol. The summed E-state index contributed by atoms with van der Waals surface area (Å²) >= 11 is 0. The molecule has 0 aliphatic carbocycles. The number of hydrogen-bond acceptors (Lipinski definition) is 4. The number of anilines is 1. The van der Waals surface area contributed by atoms with E-state index in [9.17, 15) is 8.42 Å². The van der Waals surface area contributed by atoms with E-state index in [2.05, 4.69) is 4.90 Å². The summed E-state index contributed by atoms with van der Waals surface area (Å²) in [7, 11) is -3.04. The molecular weight excluding hydrogens is 298 g/mol. The first kappa shape index (κ1) is 17.2. The van der Waals surface area contributed by atoms with Crippen LogP contribution in [0.5, 0.6) is 0 Å². The predicted octanol–water partition coefficient (Wildman–Crippen LogP) is 1.16. The summed E-state index contributed by atoms with van der Waals surface area (Å²) in [5, 5.41) is 0. The second kappa shape index (κ2) is 7.26. The smallest absolute Gasteiger partial charge is 0.213 e. The molecule has 0 atom stereocenters. The number of halogens is 1. The second-order valence-electron chi connectivity index (χ2n) is 4.82. The first-order valence-electron chi connectivity index (χ1n) is 6.56. The van der Waals surface area contributed by atoms with Crippen molar-refractivity contribution in [1.29, 1.82) is 0 Å². The molecule has 0 unspecified atom stereocenters. The van der Waals surface area contributed by atoms with Crippen molar-refractivity contribution >= 4 is 28.1 Å². The molecule has 0 bridgehead atoms. The molecule has 1 heterocycles. The van der Waals surface area contributed by atoms with Crippen LogP contribution in [-0.4, -0.2) is 49.6 Å². The Hall–Kier alpha value is -0.820. The van der Waals surface area contributed by atoms with E-state index in [0.29, 0.717) is 13.1 Å². The van der Waals surface area contributed by atoms with Gasteiger partial charge in [-0.3, -0.25) is 4.90 Å². The number of rotatable bonds is 4. The topological polar surface area (TPSA) is 66.6 Å². The van der Waals surface area contributed by atoms with Gasteiger partial charge in [0.1, 0.15) is 0 Å². The van der Waals surface area contributed by atoms with Crippen LogP contribution in [0.1, 0.15) is 12.5 Å². The third kappa shape index (κ3) is 4.34. The van der Waals surface area contributed by atoms with Crippen molar-refractivity contribution in [2.75, 3.05) is 37.7 Å². The van der Waals surface area contributed by atoms with Crippen LogP contribution < -0.4 is 5.73 Å². The Balaban J connectivity index is 0.00000200. The number of benzene rings is 1. The van der Waals surface area contributed by atoms with Gasteiger partial charge in [0.05, 0.1) is 5.75 Å². The summed E-state index contributed by atoms with van der Waals surface area (Å²) in [6.45, 7) is 5.22. The van der Waals surface area contributed by atoms with E-state index >= 15 is 0 Å². The highest BCUT2D eigenvalue weighted by atomic mass is 35.5. The number of sulfonamides is 1. The van der Waals surface area contributed by atoms with Crippen LogP contribution in [0.15, 0.2) is 24.3 Å². The van der Waals surface area contributed by atoms with Gasteiger partial charge in [-0.1, -0.05) is 12.1 Å². The lowest BCUT2D eigenvalue weighted by Crippen LogP contribution is -2.48. The highest BCUT2D eigenvalue weighted by Crippen LogP contribution is 2.13. The van der Waals surface area contributed by atoms with Crippen LogP contribution in [0.2, 0.25) is 0 Å². The minimum absolute atomic E-state index is 0. The first-order valence-corrected chi connectivity index (χ1v) is 8.17. The lowest BCUT2D eigenvalue weighted by Gasteiger charge is -2.33. The van der Waals surface area contributed by atoms with Crippen molar-refractivity contribution in [2.45, 2.75) is 13.5 Å². The molecule has 0 saturated carbocycles. The quantitative estimate of drug-likeness (QED) is 0.846. The summed E-state index contributed by atoms with van der Waals surface area (Å²) in [6.07, 6.45) is 0. The lowest BCUT2D eigenvalue weighted by atomic mass is 10.2. The third-order valence-electron chi connectivity index (χ3n) is 3.45. The molecule has 0 spiro atoms. The molecule has 0 amide bonds. The molecule has 0 radical (unpaired) electrons. The number of nitrogens with two attached hydrogens (primary N) is 1. The molecule has 1 aliphatic heterocycles. The molecule has 1 aliphatic rings. The van der Waals surface area contributed by atoms with Crippen molar-refractivity contribution in [3.05, 3.63) is 29.8 Å². The average Bonchev–Trinajstić information content (AvgIpc) is 2.39. The average molecular weight is 320 g/mol. The van der Waals surface area contributed by atoms with Crippen LogP contribution in [-0.2, 0) is 16.6 Å². The highest BCUT2D eigenvalue weighted by molar-refractivity contribution is 7.89. The van der Waals surface area contributed by atoms with E-state index in [1.54, 1.807) is 11.2 Å². The number of nitrogens with zero attached hydrogens (tertiary/aromatic N) is 2. The van der Waals surface area contributed by atoms with Crippen molar-refractivity contribution in [1.82, 2.24) is 9.21 Å². The first-order chi connectivity index (χ1) is 9.01. The van der Waals surface area contributed by atoms with Crippen LogP contribution >= 0.6 is 12.4 Å². The number of nitrogen functional groups attached to an aromatic ring is 1. The molecular formula is C13H22ClN3O2S. The molecule has 2 N–H and O–H groups in total.